The highest BCUT2D eigenvalue weighted by Crippen LogP contribution is 2.42. The van der Waals surface area contributed by atoms with Crippen molar-refractivity contribution in [2.75, 3.05) is 6.54 Å². The molecule has 0 unspecified atom stereocenters. The molecule has 0 atom stereocenters. The second-order valence-corrected chi connectivity index (χ2v) is 5.02. The maximum absolute atomic E-state index is 13.2. The van der Waals surface area contributed by atoms with Gasteiger partial charge in [0.1, 0.15) is 0 Å². The molecule has 0 bridgehead atoms. The van der Waals surface area contributed by atoms with E-state index in [4.69, 9.17) is 10.3 Å². The molecule has 0 spiro atoms. The highest BCUT2D eigenvalue weighted by Gasteiger charge is 2.42. The minimum atomic E-state index is -1.52. The second-order valence-electron chi connectivity index (χ2n) is 5.02. The van der Waals surface area contributed by atoms with Gasteiger partial charge in [-0.3, -0.25) is 0 Å². The van der Waals surface area contributed by atoms with Crippen LogP contribution in [0.3, 0.4) is 0 Å². The Morgan fingerprint density at radius 1 is 1.20 bits per heavy atom. The van der Waals surface area contributed by atoms with Crippen LogP contribution >= 0.6 is 0 Å². The van der Waals surface area contributed by atoms with Crippen molar-refractivity contribution < 1.29 is 17.7 Å². The Bertz CT molecular complexity index is 624. The van der Waals surface area contributed by atoms with Gasteiger partial charge in [0.05, 0.1) is 5.41 Å². The molecule has 1 saturated carbocycles. The van der Waals surface area contributed by atoms with Crippen molar-refractivity contribution in [1.82, 2.24) is 10.1 Å². The molecule has 1 fully saturated rings. The molecule has 2 N–H and O–H groups in total. The van der Waals surface area contributed by atoms with Crippen molar-refractivity contribution in [3.05, 3.63) is 35.5 Å². The summed E-state index contributed by atoms with van der Waals surface area (Å²) in [5, 5.41) is 3.70. The van der Waals surface area contributed by atoms with E-state index in [2.05, 4.69) is 10.1 Å². The number of nitrogens with two attached hydrogens (primary N) is 1. The number of aromatic nitrogens is 2. The lowest BCUT2D eigenvalue weighted by molar-refractivity contribution is 0.182. The molecule has 0 saturated heterocycles. The molecule has 1 heterocycles. The summed E-state index contributed by atoms with van der Waals surface area (Å²) in [6.45, 7) is 0.376. The van der Waals surface area contributed by atoms with E-state index < -0.39 is 17.5 Å². The molecule has 1 aromatic carbocycles. The van der Waals surface area contributed by atoms with E-state index in [0.717, 1.165) is 31.4 Å². The van der Waals surface area contributed by atoms with Crippen LogP contribution in [-0.4, -0.2) is 16.7 Å². The third kappa shape index (κ3) is 1.89. The van der Waals surface area contributed by atoms with Gasteiger partial charge in [-0.05, 0) is 25.0 Å². The van der Waals surface area contributed by atoms with Gasteiger partial charge in [-0.2, -0.15) is 4.98 Å². The Hall–Kier alpha value is -1.89. The lowest BCUT2D eigenvalue weighted by atomic mass is 9.69. The monoisotopic (exact) mass is 283 g/mol. The second kappa shape index (κ2) is 4.59. The van der Waals surface area contributed by atoms with Gasteiger partial charge in [-0.25, -0.2) is 13.2 Å². The van der Waals surface area contributed by atoms with E-state index in [1.807, 2.05) is 0 Å². The molecule has 20 heavy (non-hydrogen) atoms. The zero-order valence-corrected chi connectivity index (χ0v) is 10.5. The zero-order valence-electron chi connectivity index (χ0n) is 10.5. The van der Waals surface area contributed by atoms with Gasteiger partial charge in [0.15, 0.2) is 17.5 Å². The summed E-state index contributed by atoms with van der Waals surface area (Å²) in [6.07, 6.45) is 2.71. The third-order valence-corrected chi connectivity index (χ3v) is 3.82. The van der Waals surface area contributed by atoms with Gasteiger partial charge in [-0.1, -0.05) is 11.6 Å². The largest absolute Gasteiger partial charge is 0.338 e. The minimum absolute atomic E-state index is 0.0255. The highest BCUT2D eigenvalue weighted by molar-refractivity contribution is 5.54. The summed E-state index contributed by atoms with van der Waals surface area (Å²) in [5.74, 6) is -3.70. The minimum Gasteiger partial charge on any atom is -0.338 e. The van der Waals surface area contributed by atoms with Crippen LogP contribution in [0.5, 0.6) is 0 Å². The first-order chi connectivity index (χ1) is 9.55. The fraction of sp³-hybridized carbons (Fsp3) is 0.385. The van der Waals surface area contributed by atoms with E-state index in [1.165, 1.54) is 0 Å². The Labute approximate surface area is 112 Å². The Balaban J connectivity index is 1.98. The molecule has 3 rings (SSSR count). The van der Waals surface area contributed by atoms with Crippen LogP contribution < -0.4 is 5.73 Å². The summed E-state index contributed by atoms with van der Waals surface area (Å²) in [6, 6.07) is 1.67. The molecule has 0 aliphatic heterocycles. The lowest BCUT2D eigenvalue weighted by Crippen LogP contribution is -2.41. The van der Waals surface area contributed by atoms with Crippen molar-refractivity contribution in [2.45, 2.75) is 24.7 Å². The Morgan fingerprint density at radius 3 is 2.35 bits per heavy atom. The van der Waals surface area contributed by atoms with E-state index in [-0.39, 0.29) is 16.8 Å². The zero-order chi connectivity index (χ0) is 14.3. The first-order valence-electron chi connectivity index (χ1n) is 6.25. The summed E-state index contributed by atoms with van der Waals surface area (Å²) in [5.41, 5.74) is 5.42. The molecule has 1 aliphatic rings. The van der Waals surface area contributed by atoms with Gasteiger partial charge in [-0.15, -0.1) is 0 Å². The van der Waals surface area contributed by atoms with E-state index >= 15 is 0 Å². The normalized spacial score (nSPS) is 17.0. The molecule has 4 nitrogen and oxygen atoms in total. The standard InChI is InChI=1S/C13H12F3N3O/c14-8-4-7(5-9(15)10(8)16)11-18-12(20-19-11)13(6-17)2-1-3-13/h4-5H,1-3,6,17H2. The summed E-state index contributed by atoms with van der Waals surface area (Å²) < 4.78 is 44.4. The summed E-state index contributed by atoms with van der Waals surface area (Å²) in [7, 11) is 0. The van der Waals surface area contributed by atoms with Crippen LogP contribution in [-0.2, 0) is 5.41 Å². The number of rotatable bonds is 3. The molecule has 106 valence electrons. The van der Waals surface area contributed by atoms with Gasteiger partial charge in [0.2, 0.25) is 11.7 Å². The van der Waals surface area contributed by atoms with Gasteiger partial charge < -0.3 is 10.3 Å². The highest BCUT2D eigenvalue weighted by atomic mass is 19.2. The number of nitrogens with zero attached hydrogens (tertiary/aromatic N) is 2. The molecule has 0 radical (unpaired) electrons. The quantitative estimate of drug-likeness (QED) is 0.879. The molecule has 0 amide bonds. The third-order valence-electron chi connectivity index (χ3n) is 3.82. The first kappa shape index (κ1) is 13.1. The Morgan fingerprint density at radius 2 is 1.85 bits per heavy atom. The molecule has 1 aromatic heterocycles. The predicted molar refractivity (Wildman–Crippen MR) is 64.2 cm³/mol. The van der Waals surface area contributed by atoms with Crippen molar-refractivity contribution in [3.63, 3.8) is 0 Å². The number of halogens is 3. The molecule has 7 heteroatoms. The van der Waals surface area contributed by atoms with Gasteiger partial charge in [0.25, 0.3) is 0 Å². The van der Waals surface area contributed by atoms with Crippen LogP contribution in [0.15, 0.2) is 16.7 Å². The van der Waals surface area contributed by atoms with Crippen LogP contribution in [0, 0.1) is 17.5 Å². The molecular weight excluding hydrogens is 271 g/mol. The molecule has 1 aliphatic carbocycles. The topological polar surface area (TPSA) is 64.9 Å². The van der Waals surface area contributed by atoms with Gasteiger partial charge >= 0.3 is 0 Å². The predicted octanol–water partition coefficient (Wildman–Crippen LogP) is 2.53. The van der Waals surface area contributed by atoms with Crippen LogP contribution in [0.2, 0.25) is 0 Å². The van der Waals surface area contributed by atoms with Crippen LogP contribution in [0.4, 0.5) is 13.2 Å². The number of hydrogen-bond acceptors (Lipinski definition) is 4. The Kier molecular flexibility index (Phi) is 3.01. The van der Waals surface area contributed by atoms with E-state index in [9.17, 15) is 13.2 Å². The molecular formula is C13H12F3N3O. The van der Waals surface area contributed by atoms with E-state index in [0.29, 0.717) is 12.4 Å². The van der Waals surface area contributed by atoms with Crippen LogP contribution in [0.25, 0.3) is 11.4 Å². The molecule has 2 aromatic rings. The van der Waals surface area contributed by atoms with Crippen molar-refractivity contribution in [1.29, 1.82) is 0 Å². The van der Waals surface area contributed by atoms with Crippen molar-refractivity contribution >= 4 is 0 Å². The fourth-order valence-corrected chi connectivity index (χ4v) is 2.35. The average molecular weight is 283 g/mol. The average Bonchev–Trinajstić information content (AvgIpc) is 2.85. The van der Waals surface area contributed by atoms with Gasteiger partial charge in [0, 0.05) is 12.1 Å². The number of benzene rings is 1. The maximum Gasteiger partial charge on any atom is 0.234 e. The first-order valence-corrected chi connectivity index (χ1v) is 6.25. The number of hydrogen-bond donors (Lipinski definition) is 1. The smallest absolute Gasteiger partial charge is 0.234 e. The fourth-order valence-electron chi connectivity index (χ4n) is 2.35. The van der Waals surface area contributed by atoms with Crippen molar-refractivity contribution in [3.8, 4) is 11.4 Å². The summed E-state index contributed by atoms with van der Waals surface area (Å²) >= 11 is 0. The van der Waals surface area contributed by atoms with Crippen LogP contribution in [0.1, 0.15) is 25.2 Å². The maximum atomic E-state index is 13.2. The van der Waals surface area contributed by atoms with Crippen molar-refractivity contribution in [2.24, 2.45) is 5.73 Å². The van der Waals surface area contributed by atoms with E-state index in [1.54, 1.807) is 0 Å². The SMILES string of the molecule is NCC1(c2nc(-c3cc(F)c(F)c(F)c3)no2)CCC1. The lowest BCUT2D eigenvalue weighted by Gasteiger charge is -2.36. The summed E-state index contributed by atoms with van der Waals surface area (Å²) in [4.78, 5) is 4.14.